The van der Waals surface area contributed by atoms with Crippen LogP contribution in [0.15, 0.2) is 18.3 Å². The van der Waals surface area contributed by atoms with Crippen molar-refractivity contribution in [2.45, 2.75) is 12.8 Å². The van der Waals surface area contributed by atoms with Gasteiger partial charge in [0.2, 0.25) is 5.82 Å². The topological polar surface area (TPSA) is 111 Å². The number of carbonyl (C=O) groups is 1. The molecule has 0 aliphatic rings. The first-order valence-corrected chi connectivity index (χ1v) is 5.65. The number of hydrogen-bond donors (Lipinski definition) is 1. The number of halogens is 2. The highest BCUT2D eigenvalue weighted by atomic mass is 19.1. The van der Waals surface area contributed by atoms with E-state index in [-0.39, 0.29) is 24.2 Å². The van der Waals surface area contributed by atoms with Gasteiger partial charge in [-0.3, -0.25) is 14.9 Å². The van der Waals surface area contributed by atoms with Crippen molar-refractivity contribution in [2.75, 3.05) is 0 Å². The first kappa shape index (κ1) is 14.5. The third-order valence-electron chi connectivity index (χ3n) is 2.60. The Balaban J connectivity index is 2.35. The van der Waals surface area contributed by atoms with E-state index in [1.807, 2.05) is 0 Å². The Morgan fingerprint density at radius 1 is 1.38 bits per heavy atom. The Bertz CT molecular complexity index is 716. The number of hydrogen-bond acceptors (Lipinski definition) is 5. The number of aromatic nitrogens is 3. The summed E-state index contributed by atoms with van der Waals surface area (Å²) in [5.41, 5.74) is -0.977. The third kappa shape index (κ3) is 3.16. The van der Waals surface area contributed by atoms with Gasteiger partial charge in [-0.25, -0.2) is 9.07 Å². The molecule has 0 spiro atoms. The van der Waals surface area contributed by atoms with Gasteiger partial charge in [-0.1, -0.05) is 5.21 Å². The molecule has 0 fully saturated rings. The molecule has 21 heavy (non-hydrogen) atoms. The maximum Gasteiger partial charge on any atom is 0.307 e. The number of carboxylic acid groups (broad SMARTS) is 1. The summed E-state index contributed by atoms with van der Waals surface area (Å²) < 4.78 is 27.8. The second kappa shape index (κ2) is 5.61. The van der Waals surface area contributed by atoms with Crippen molar-refractivity contribution >= 4 is 11.7 Å². The number of nitro benzene ring substituents is 1. The second-order valence-electron chi connectivity index (χ2n) is 4.06. The van der Waals surface area contributed by atoms with Gasteiger partial charge >= 0.3 is 11.7 Å². The van der Waals surface area contributed by atoms with Crippen LogP contribution in [-0.4, -0.2) is 31.0 Å². The Labute approximate surface area is 115 Å². The summed E-state index contributed by atoms with van der Waals surface area (Å²) in [5.74, 6) is -3.38. The molecule has 8 nitrogen and oxygen atoms in total. The summed E-state index contributed by atoms with van der Waals surface area (Å²) >= 11 is 0. The fraction of sp³-hybridized carbons (Fsp3) is 0.182. The molecule has 110 valence electrons. The van der Waals surface area contributed by atoms with Crippen LogP contribution in [0, 0.1) is 21.7 Å². The van der Waals surface area contributed by atoms with Crippen LogP contribution in [0.3, 0.4) is 0 Å². The Hall–Kier alpha value is -2.91. The number of benzene rings is 1. The number of nitrogens with zero attached hydrogens (tertiary/aromatic N) is 4. The van der Waals surface area contributed by atoms with Crippen LogP contribution >= 0.6 is 0 Å². The van der Waals surface area contributed by atoms with Gasteiger partial charge in [-0.05, 0) is 0 Å². The number of aryl methyl sites for hydroxylation is 1. The van der Waals surface area contributed by atoms with E-state index < -0.39 is 28.2 Å². The lowest BCUT2D eigenvalue weighted by molar-refractivity contribution is -0.387. The molecule has 0 saturated heterocycles. The largest absolute Gasteiger partial charge is 0.481 e. The molecular weight excluding hydrogens is 290 g/mol. The highest BCUT2D eigenvalue weighted by Gasteiger charge is 2.20. The molecule has 1 heterocycles. The Morgan fingerprint density at radius 3 is 2.71 bits per heavy atom. The number of aliphatic carboxylic acids is 1. The Kier molecular flexibility index (Phi) is 3.87. The molecular formula is C11H8F2N4O4. The maximum atomic E-state index is 13.7. The molecule has 1 N–H and O–H groups in total. The van der Waals surface area contributed by atoms with Gasteiger partial charge < -0.3 is 5.11 Å². The van der Waals surface area contributed by atoms with Crippen LogP contribution in [0.25, 0.3) is 5.69 Å². The zero-order chi connectivity index (χ0) is 15.6. The smallest absolute Gasteiger partial charge is 0.307 e. The van der Waals surface area contributed by atoms with Crippen molar-refractivity contribution in [2.24, 2.45) is 0 Å². The van der Waals surface area contributed by atoms with E-state index in [4.69, 9.17) is 5.11 Å². The summed E-state index contributed by atoms with van der Waals surface area (Å²) in [6.45, 7) is 0. The molecule has 0 radical (unpaired) electrons. The van der Waals surface area contributed by atoms with E-state index in [1.54, 1.807) is 0 Å². The zero-order valence-corrected chi connectivity index (χ0v) is 10.4. The van der Waals surface area contributed by atoms with Crippen molar-refractivity contribution in [1.29, 1.82) is 0 Å². The molecule has 1 aromatic carbocycles. The van der Waals surface area contributed by atoms with Crippen LogP contribution < -0.4 is 0 Å². The molecule has 2 aromatic rings. The predicted octanol–water partition coefficient (Wildman–Crippen LogP) is 1.47. The summed E-state index contributed by atoms with van der Waals surface area (Å²) in [6.07, 6.45) is 1.11. The lowest BCUT2D eigenvalue weighted by Crippen LogP contribution is -2.02. The first-order valence-electron chi connectivity index (χ1n) is 5.65. The van der Waals surface area contributed by atoms with Crippen LogP contribution in [0.4, 0.5) is 14.5 Å². The number of carboxylic acids is 1. The van der Waals surface area contributed by atoms with Crippen LogP contribution in [0.1, 0.15) is 12.1 Å². The molecule has 0 aliphatic carbocycles. The minimum absolute atomic E-state index is 0.0697. The lowest BCUT2D eigenvalue weighted by Gasteiger charge is -2.02. The molecule has 2 rings (SSSR count). The van der Waals surface area contributed by atoms with Gasteiger partial charge in [0.1, 0.15) is 5.69 Å². The van der Waals surface area contributed by atoms with E-state index in [1.165, 1.54) is 6.20 Å². The van der Waals surface area contributed by atoms with Crippen molar-refractivity contribution in [1.82, 2.24) is 15.0 Å². The lowest BCUT2D eigenvalue weighted by atomic mass is 10.2. The first-order chi connectivity index (χ1) is 9.88. The van der Waals surface area contributed by atoms with Crippen LogP contribution in [0.5, 0.6) is 0 Å². The monoisotopic (exact) mass is 298 g/mol. The maximum absolute atomic E-state index is 13.7. The van der Waals surface area contributed by atoms with Gasteiger partial charge in [0.25, 0.3) is 0 Å². The van der Waals surface area contributed by atoms with Crippen molar-refractivity contribution in [3.63, 3.8) is 0 Å². The molecule has 0 saturated carbocycles. The predicted molar refractivity (Wildman–Crippen MR) is 63.9 cm³/mol. The van der Waals surface area contributed by atoms with Crippen molar-refractivity contribution in [3.8, 4) is 5.69 Å². The SMILES string of the molecule is O=C(O)CCc1cn(-c2cc([N+](=O)[O-])c(F)cc2F)nn1. The molecule has 0 atom stereocenters. The average Bonchev–Trinajstić information content (AvgIpc) is 2.84. The standard InChI is InChI=1S/C11H8F2N4O4/c12-7-3-8(13)10(17(20)21)4-9(7)16-5-6(14-15-16)1-2-11(18)19/h3-5H,1-2H2,(H,18,19). The normalized spacial score (nSPS) is 10.6. The average molecular weight is 298 g/mol. The van der Waals surface area contributed by atoms with Crippen LogP contribution in [-0.2, 0) is 11.2 Å². The molecule has 10 heteroatoms. The summed E-state index contributed by atoms with van der Waals surface area (Å²) in [5, 5.41) is 26.3. The van der Waals surface area contributed by atoms with Gasteiger partial charge in [0.15, 0.2) is 5.82 Å². The minimum atomic E-state index is -1.30. The van der Waals surface area contributed by atoms with Gasteiger partial charge in [0.05, 0.1) is 23.2 Å². The molecule has 1 aromatic heterocycles. The molecule has 0 unspecified atom stereocenters. The van der Waals surface area contributed by atoms with E-state index in [0.717, 1.165) is 4.68 Å². The van der Waals surface area contributed by atoms with E-state index in [2.05, 4.69) is 10.3 Å². The van der Waals surface area contributed by atoms with Crippen molar-refractivity contribution in [3.05, 3.63) is 45.8 Å². The molecule has 0 bridgehead atoms. The molecule has 0 amide bonds. The number of rotatable bonds is 5. The van der Waals surface area contributed by atoms with Crippen LogP contribution in [0.2, 0.25) is 0 Å². The van der Waals surface area contributed by atoms with E-state index in [0.29, 0.717) is 12.1 Å². The van der Waals surface area contributed by atoms with Gasteiger partial charge in [0, 0.05) is 18.6 Å². The molecule has 0 aliphatic heterocycles. The summed E-state index contributed by atoms with van der Waals surface area (Å²) in [7, 11) is 0. The fourth-order valence-corrected chi connectivity index (χ4v) is 1.61. The quantitative estimate of drug-likeness (QED) is 0.661. The minimum Gasteiger partial charge on any atom is -0.481 e. The number of nitro groups is 1. The summed E-state index contributed by atoms with van der Waals surface area (Å²) in [4.78, 5) is 20.1. The van der Waals surface area contributed by atoms with E-state index >= 15 is 0 Å². The van der Waals surface area contributed by atoms with E-state index in [9.17, 15) is 23.7 Å². The Morgan fingerprint density at radius 2 is 2.10 bits per heavy atom. The van der Waals surface area contributed by atoms with Crippen molar-refractivity contribution < 1.29 is 23.6 Å². The highest BCUT2D eigenvalue weighted by Crippen LogP contribution is 2.23. The third-order valence-corrected chi connectivity index (χ3v) is 2.60. The van der Waals surface area contributed by atoms with Gasteiger partial charge in [-0.2, -0.15) is 4.39 Å². The fourth-order valence-electron chi connectivity index (χ4n) is 1.61. The van der Waals surface area contributed by atoms with Gasteiger partial charge in [-0.15, -0.1) is 5.10 Å². The zero-order valence-electron chi connectivity index (χ0n) is 10.4. The second-order valence-corrected chi connectivity index (χ2v) is 4.06. The highest BCUT2D eigenvalue weighted by molar-refractivity contribution is 5.66. The summed E-state index contributed by atoms with van der Waals surface area (Å²) in [6, 6.07) is 1.08.